The molecule has 2 N–H and O–H groups in total. The summed E-state index contributed by atoms with van der Waals surface area (Å²) in [7, 11) is 4.90. The molecule has 1 amide bonds. The predicted molar refractivity (Wildman–Crippen MR) is 111 cm³/mol. The molecular formula is C20H29N3O4S. The van der Waals surface area contributed by atoms with Crippen molar-refractivity contribution >= 4 is 23.2 Å². The SMILES string of the molecule is COCCNC(=O)[C@H]1CN(C(=S)NC2CC2)C[C@H]1c1cc(OC)ccc1OC. The van der Waals surface area contributed by atoms with Crippen molar-refractivity contribution in [2.45, 2.75) is 24.8 Å². The quantitative estimate of drug-likeness (QED) is 0.500. The fourth-order valence-corrected chi connectivity index (χ4v) is 3.90. The molecule has 1 aliphatic heterocycles. The van der Waals surface area contributed by atoms with E-state index in [-0.39, 0.29) is 17.7 Å². The fourth-order valence-electron chi connectivity index (χ4n) is 3.58. The number of ether oxygens (including phenoxy) is 3. The minimum atomic E-state index is -0.239. The highest BCUT2D eigenvalue weighted by Crippen LogP contribution is 2.39. The molecule has 0 aromatic heterocycles. The van der Waals surface area contributed by atoms with Crippen molar-refractivity contribution in [1.29, 1.82) is 0 Å². The summed E-state index contributed by atoms with van der Waals surface area (Å²) in [6, 6.07) is 6.19. The van der Waals surface area contributed by atoms with Gasteiger partial charge in [0.25, 0.3) is 0 Å². The third-order valence-electron chi connectivity index (χ3n) is 5.29. The van der Waals surface area contributed by atoms with Crippen LogP contribution >= 0.6 is 12.2 Å². The van der Waals surface area contributed by atoms with Crippen molar-refractivity contribution < 1.29 is 19.0 Å². The van der Waals surface area contributed by atoms with Crippen LogP contribution in [-0.4, -0.2) is 69.5 Å². The highest BCUT2D eigenvalue weighted by Gasteiger charge is 2.41. The third-order valence-corrected chi connectivity index (χ3v) is 5.67. The largest absolute Gasteiger partial charge is 0.497 e. The number of methoxy groups -OCH3 is 3. The Morgan fingerprint density at radius 2 is 2.00 bits per heavy atom. The van der Waals surface area contributed by atoms with E-state index >= 15 is 0 Å². The number of nitrogens with zero attached hydrogens (tertiary/aromatic N) is 1. The molecule has 8 heteroatoms. The molecule has 1 saturated heterocycles. The number of carbonyl (C=O) groups excluding carboxylic acids is 1. The second-order valence-corrected chi connectivity index (χ2v) is 7.62. The molecule has 0 unspecified atom stereocenters. The van der Waals surface area contributed by atoms with E-state index in [1.165, 1.54) is 0 Å². The number of likely N-dealkylation sites (tertiary alicyclic amines) is 1. The molecule has 2 atom stereocenters. The maximum Gasteiger partial charge on any atom is 0.225 e. The first-order chi connectivity index (χ1) is 13.6. The first kappa shape index (κ1) is 20.7. The van der Waals surface area contributed by atoms with Gasteiger partial charge in [-0.3, -0.25) is 4.79 Å². The number of carbonyl (C=O) groups is 1. The van der Waals surface area contributed by atoms with Crippen LogP contribution in [0.4, 0.5) is 0 Å². The van der Waals surface area contributed by atoms with E-state index in [1.54, 1.807) is 21.3 Å². The normalized spacial score (nSPS) is 21.3. The van der Waals surface area contributed by atoms with Gasteiger partial charge in [0.15, 0.2) is 5.11 Å². The molecular weight excluding hydrogens is 378 g/mol. The Balaban J connectivity index is 1.83. The van der Waals surface area contributed by atoms with Crippen molar-refractivity contribution in [2.75, 3.05) is 47.6 Å². The monoisotopic (exact) mass is 407 g/mol. The smallest absolute Gasteiger partial charge is 0.225 e. The van der Waals surface area contributed by atoms with Crippen LogP contribution < -0.4 is 20.1 Å². The average Bonchev–Trinajstić information content (AvgIpc) is 3.41. The molecule has 2 fully saturated rings. The Morgan fingerprint density at radius 3 is 2.64 bits per heavy atom. The summed E-state index contributed by atoms with van der Waals surface area (Å²) >= 11 is 5.60. The second-order valence-electron chi connectivity index (χ2n) is 7.23. The van der Waals surface area contributed by atoms with Gasteiger partial charge in [0.1, 0.15) is 11.5 Å². The number of rotatable bonds is 8. The summed E-state index contributed by atoms with van der Waals surface area (Å²) in [4.78, 5) is 15.0. The molecule has 0 radical (unpaired) electrons. The van der Waals surface area contributed by atoms with E-state index in [2.05, 4.69) is 15.5 Å². The highest BCUT2D eigenvalue weighted by molar-refractivity contribution is 7.80. The number of hydrogen-bond donors (Lipinski definition) is 2. The zero-order chi connectivity index (χ0) is 20.1. The standard InChI is InChI=1S/C20H29N3O4S/c1-25-9-8-21-19(24)17-12-23(20(28)22-13-4-5-13)11-16(17)15-10-14(26-2)6-7-18(15)27-3/h6-7,10,13,16-17H,4-5,8-9,11-12H2,1-3H3,(H,21,24)(H,22,28)/t16-,17-/m0/s1. The van der Waals surface area contributed by atoms with Crippen LogP contribution in [0, 0.1) is 5.92 Å². The molecule has 0 spiro atoms. The van der Waals surface area contributed by atoms with Crippen molar-refractivity contribution in [3.63, 3.8) is 0 Å². The minimum Gasteiger partial charge on any atom is -0.497 e. The van der Waals surface area contributed by atoms with Gasteiger partial charge in [-0.25, -0.2) is 0 Å². The Morgan fingerprint density at radius 1 is 1.21 bits per heavy atom. The molecule has 1 aliphatic carbocycles. The fraction of sp³-hybridized carbons (Fsp3) is 0.600. The lowest BCUT2D eigenvalue weighted by molar-refractivity contribution is -0.125. The summed E-state index contributed by atoms with van der Waals surface area (Å²) in [5.74, 6) is 1.21. The van der Waals surface area contributed by atoms with Gasteiger partial charge in [0, 0.05) is 44.3 Å². The van der Waals surface area contributed by atoms with Gasteiger partial charge < -0.3 is 29.7 Å². The molecule has 7 nitrogen and oxygen atoms in total. The Hall–Kier alpha value is -2.06. The molecule has 2 aliphatic rings. The average molecular weight is 408 g/mol. The van der Waals surface area contributed by atoms with Gasteiger partial charge in [-0.15, -0.1) is 0 Å². The van der Waals surface area contributed by atoms with E-state index in [4.69, 9.17) is 26.4 Å². The van der Waals surface area contributed by atoms with Gasteiger partial charge in [0.2, 0.25) is 5.91 Å². The second kappa shape index (κ2) is 9.43. The molecule has 1 aromatic rings. The Labute approximate surface area is 171 Å². The first-order valence-electron chi connectivity index (χ1n) is 9.61. The molecule has 154 valence electrons. The van der Waals surface area contributed by atoms with Crippen LogP contribution in [0.3, 0.4) is 0 Å². The van der Waals surface area contributed by atoms with Crippen LogP contribution in [-0.2, 0) is 9.53 Å². The van der Waals surface area contributed by atoms with Crippen LogP contribution in [0.2, 0.25) is 0 Å². The van der Waals surface area contributed by atoms with E-state index in [9.17, 15) is 4.79 Å². The molecule has 0 bridgehead atoms. The number of benzene rings is 1. The minimum absolute atomic E-state index is 0.00337. The van der Waals surface area contributed by atoms with E-state index in [0.717, 1.165) is 35.0 Å². The van der Waals surface area contributed by atoms with E-state index in [0.29, 0.717) is 32.3 Å². The molecule has 3 rings (SSSR count). The van der Waals surface area contributed by atoms with Crippen LogP contribution in [0.15, 0.2) is 18.2 Å². The van der Waals surface area contributed by atoms with E-state index in [1.807, 2.05) is 18.2 Å². The van der Waals surface area contributed by atoms with Crippen molar-refractivity contribution in [3.05, 3.63) is 23.8 Å². The summed E-state index contributed by atoms with van der Waals surface area (Å²) in [5.41, 5.74) is 0.963. The van der Waals surface area contributed by atoms with E-state index < -0.39 is 0 Å². The van der Waals surface area contributed by atoms with Crippen molar-refractivity contribution in [1.82, 2.24) is 15.5 Å². The Kier molecular flexibility index (Phi) is 6.96. The molecule has 1 saturated carbocycles. The van der Waals surface area contributed by atoms with Gasteiger partial charge in [0.05, 0.1) is 26.7 Å². The van der Waals surface area contributed by atoms with Crippen molar-refractivity contribution in [3.8, 4) is 11.5 Å². The highest BCUT2D eigenvalue weighted by atomic mass is 32.1. The van der Waals surface area contributed by atoms with Gasteiger partial charge in [-0.2, -0.15) is 0 Å². The van der Waals surface area contributed by atoms with Crippen molar-refractivity contribution in [2.24, 2.45) is 5.92 Å². The zero-order valence-electron chi connectivity index (χ0n) is 16.7. The number of nitrogens with one attached hydrogen (secondary N) is 2. The number of amides is 1. The zero-order valence-corrected chi connectivity index (χ0v) is 17.5. The lowest BCUT2D eigenvalue weighted by Crippen LogP contribution is -2.41. The van der Waals surface area contributed by atoms with Gasteiger partial charge in [-0.1, -0.05) is 0 Å². The van der Waals surface area contributed by atoms with Crippen LogP contribution in [0.1, 0.15) is 24.3 Å². The maximum atomic E-state index is 12.9. The Bertz CT molecular complexity index is 711. The number of hydrogen-bond acceptors (Lipinski definition) is 5. The molecule has 1 aromatic carbocycles. The van der Waals surface area contributed by atoms with Gasteiger partial charge in [-0.05, 0) is 43.3 Å². The maximum absolute atomic E-state index is 12.9. The molecule has 1 heterocycles. The lowest BCUT2D eigenvalue weighted by atomic mass is 9.87. The van der Waals surface area contributed by atoms with Gasteiger partial charge >= 0.3 is 0 Å². The molecule has 28 heavy (non-hydrogen) atoms. The summed E-state index contributed by atoms with van der Waals surface area (Å²) in [5, 5.41) is 7.08. The third kappa shape index (κ3) is 4.86. The topological polar surface area (TPSA) is 72.1 Å². The summed E-state index contributed by atoms with van der Waals surface area (Å²) in [6.45, 7) is 2.20. The number of thiocarbonyl (C=S) groups is 1. The lowest BCUT2D eigenvalue weighted by Gasteiger charge is -2.21. The van der Waals surface area contributed by atoms with Crippen LogP contribution in [0.25, 0.3) is 0 Å². The van der Waals surface area contributed by atoms with Crippen LogP contribution in [0.5, 0.6) is 11.5 Å². The summed E-state index contributed by atoms with van der Waals surface area (Å²) in [6.07, 6.45) is 2.31. The predicted octanol–water partition coefficient (Wildman–Crippen LogP) is 1.52. The first-order valence-corrected chi connectivity index (χ1v) is 10.0. The summed E-state index contributed by atoms with van der Waals surface area (Å²) < 4.78 is 16.0.